The summed E-state index contributed by atoms with van der Waals surface area (Å²) in [6.45, 7) is 0.780. The molecule has 2 rings (SSSR count). The Bertz CT molecular complexity index is 492. The van der Waals surface area contributed by atoms with Crippen LogP contribution in [0.4, 0.5) is 11.4 Å². The van der Waals surface area contributed by atoms with Crippen molar-refractivity contribution >= 4 is 11.4 Å². The Labute approximate surface area is 102 Å². The molecule has 0 unspecified atom stereocenters. The predicted molar refractivity (Wildman–Crippen MR) is 62.1 cm³/mol. The van der Waals surface area contributed by atoms with Crippen molar-refractivity contribution in [3.05, 3.63) is 32.7 Å². The van der Waals surface area contributed by atoms with Crippen LogP contribution in [0.25, 0.3) is 10.4 Å². The molecule has 1 aromatic rings. The van der Waals surface area contributed by atoms with Crippen LogP contribution in [0.15, 0.2) is 17.2 Å². The molecule has 0 atom stereocenters. The lowest BCUT2D eigenvalue weighted by atomic mass is 10.2. The summed E-state index contributed by atoms with van der Waals surface area (Å²) >= 11 is 0. The van der Waals surface area contributed by atoms with Gasteiger partial charge in [-0.05, 0) is 24.4 Å². The van der Waals surface area contributed by atoms with Crippen LogP contribution in [0.2, 0.25) is 0 Å². The van der Waals surface area contributed by atoms with E-state index in [2.05, 4.69) is 10.0 Å². The topological polar surface area (TPSA) is 110 Å². The number of fused-ring (bicyclic) bond motifs is 1. The van der Waals surface area contributed by atoms with E-state index in [1.54, 1.807) is 0 Å². The minimum absolute atomic E-state index is 0.0320. The van der Waals surface area contributed by atoms with Crippen LogP contribution in [-0.4, -0.2) is 18.1 Å². The summed E-state index contributed by atoms with van der Waals surface area (Å²) in [6.07, 6.45) is 1.53. The SMILES string of the molecule is [N-]=[N+]=Nc1ccc([N+](=O)[O-])c2c1OCCCCO2. The summed E-state index contributed by atoms with van der Waals surface area (Å²) in [5.41, 5.74) is 8.46. The van der Waals surface area contributed by atoms with Crippen molar-refractivity contribution in [2.24, 2.45) is 5.11 Å². The Morgan fingerprint density at radius 3 is 2.56 bits per heavy atom. The molecule has 0 aliphatic carbocycles. The number of nitro groups is 1. The van der Waals surface area contributed by atoms with E-state index < -0.39 is 4.92 Å². The van der Waals surface area contributed by atoms with Gasteiger partial charge in [-0.2, -0.15) is 0 Å². The number of ether oxygens (including phenoxy) is 2. The first-order valence-electron chi connectivity index (χ1n) is 5.36. The second-order valence-electron chi connectivity index (χ2n) is 3.61. The van der Waals surface area contributed by atoms with Gasteiger partial charge in [0, 0.05) is 11.0 Å². The van der Waals surface area contributed by atoms with Crippen LogP contribution in [0.1, 0.15) is 12.8 Å². The van der Waals surface area contributed by atoms with E-state index in [4.69, 9.17) is 15.0 Å². The number of azide groups is 1. The predicted octanol–water partition coefficient (Wildman–Crippen LogP) is 3.09. The van der Waals surface area contributed by atoms with Crippen molar-refractivity contribution < 1.29 is 14.4 Å². The lowest BCUT2D eigenvalue weighted by Gasteiger charge is -2.17. The summed E-state index contributed by atoms with van der Waals surface area (Å²) in [5, 5.41) is 14.4. The Morgan fingerprint density at radius 2 is 1.94 bits per heavy atom. The minimum Gasteiger partial charge on any atom is -0.489 e. The van der Waals surface area contributed by atoms with E-state index in [9.17, 15) is 10.1 Å². The third-order valence-electron chi connectivity index (χ3n) is 2.45. The number of hydrogen-bond donors (Lipinski definition) is 0. The molecule has 18 heavy (non-hydrogen) atoms. The zero-order valence-electron chi connectivity index (χ0n) is 9.40. The molecule has 0 N–H and O–H groups in total. The second-order valence-corrected chi connectivity index (χ2v) is 3.61. The number of benzene rings is 1. The molecule has 1 aliphatic rings. The monoisotopic (exact) mass is 250 g/mol. The van der Waals surface area contributed by atoms with Crippen molar-refractivity contribution in [3.63, 3.8) is 0 Å². The third-order valence-corrected chi connectivity index (χ3v) is 2.45. The minimum atomic E-state index is -0.552. The molecule has 0 aromatic heterocycles. The van der Waals surface area contributed by atoms with Crippen LogP contribution in [-0.2, 0) is 0 Å². The average Bonchev–Trinajstić information content (AvgIpc) is 2.30. The van der Waals surface area contributed by atoms with Crippen molar-refractivity contribution in [2.45, 2.75) is 12.8 Å². The first-order valence-corrected chi connectivity index (χ1v) is 5.36. The third kappa shape index (κ3) is 2.28. The maximum atomic E-state index is 10.9. The van der Waals surface area contributed by atoms with Crippen molar-refractivity contribution in [2.75, 3.05) is 13.2 Å². The van der Waals surface area contributed by atoms with Gasteiger partial charge < -0.3 is 9.47 Å². The van der Waals surface area contributed by atoms with Gasteiger partial charge in [-0.15, -0.1) is 0 Å². The Hall–Kier alpha value is -2.47. The molecule has 0 saturated carbocycles. The lowest BCUT2D eigenvalue weighted by Crippen LogP contribution is -2.09. The number of nitro benzene ring substituents is 1. The van der Waals surface area contributed by atoms with Gasteiger partial charge in [0.25, 0.3) is 0 Å². The van der Waals surface area contributed by atoms with E-state index in [-0.39, 0.29) is 22.9 Å². The van der Waals surface area contributed by atoms with Crippen molar-refractivity contribution in [3.8, 4) is 11.5 Å². The molecule has 94 valence electrons. The molecule has 0 saturated heterocycles. The first-order chi connectivity index (χ1) is 8.74. The van der Waals surface area contributed by atoms with E-state index in [0.717, 1.165) is 12.8 Å². The molecule has 1 heterocycles. The summed E-state index contributed by atoms with van der Waals surface area (Å²) < 4.78 is 10.8. The molecule has 0 spiro atoms. The number of nitrogens with zero attached hydrogens (tertiary/aromatic N) is 4. The zero-order chi connectivity index (χ0) is 13.0. The summed E-state index contributed by atoms with van der Waals surface area (Å²) in [6, 6.07) is 2.59. The maximum Gasteiger partial charge on any atom is 0.314 e. The highest BCUT2D eigenvalue weighted by Crippen LogP contribution is 2.44. The second kappa shape index (κ2) is 5.24. The highest BCUT2D eigenvalue weighted by Gasteiger charge is 2.24. The van der Waals surface area contributed by atoms with Crippen LogP contribution >= 0.6 is 0 Å². The van der Waals surface area contributed by atoms with Crippen LogP contribution in [0.3, 0.4) is 0 Å². The highest BCUT2D eigenvalue weighted by atomic mass is 16.6. The van der Waals surface area contributed by atoms with Gasteiger partial charge in [-0.25, -0.2) is 0 Å². The molecule has 8 nitrogen and oxygen atoms in total. The summed E-state index contributed by atoms with van der Waals surface area (Å²) in [5.74, 6) is 0.173. The van der Waals surface area contributed by atoms with Crippen LogP contribution in [0.5, 0.6) is 11.5 Å². The fourth-order valence-corrected chi connectivity index (χ4v) is 1.64. The highest BCUT2D eigenvalue weighted by molar-refractivity contribution is 5.68. The largest absolute Gasteiger partial charge is 0.489 e. The molecule has 1 aliphatic heterocycles. The van der Waals surface area contributed by atoms with Crippen molar-refractivity contribution in [1.29, 1.82) is 0 Å². The molecule has 8 heteroatoms. The summed E-state index contributed by atoms with van der Waals surface area (Å²) in [7, 11) is 0. The van der Waals surface area contributed by atoms with Crippen molar-refractivity contribution in [1.82, 2.24) is 0 Å². The van der Waals surface area contributed by atoms with E-state index >= 15 is 0 Å². The Balaban J connectivity index is 2.58. The molecule has 0 bridgehead atoms. The van der Waals surface area contributed by atoms with Gasteiger partial charge in [0.05, 0.1) is 23.8 Å². The molecular weight excluding hydrogens is 240 g/mol. The average molecular weight is 250 g/mol. The number of hydrogen-bond acceptors (Lipinski definition) is 5. The van der Waals surface area contributed by atoms with Gasteiger partial charge >= 0.3 is 5.69 Å². The Morgan fingerprint density at radius 1 is 1.28 bits per heavy atom. The van der Waals surface area contributed by atoms with Gasteiger partial charge in [0.15, 0.2) is 5.75 Å². The summed E-state index contributed by atoms with van der Waals surface area (Å²) in [4.78, 5) is 13.0. The number of rotatable bonds is 2. The molecule has 0 fully saturated rings. The fraction of sp³-hybridized carbons (Fsp3) is 0.400. The van der Waals surface area contributed by atoms with E-state index in [1.165, 1.54) is 12.1 Å². The normalized spacial score (nSPS) is 14.0. The molecule has 0 radical (unpaired) electrons. The van der Waals surface area contributed by atoms with Gasteiger partial charge in [0.2, 0.25) is 5.75 Å². The van der Waals surface area contributed by atoms with E-state index in [1.807, 2.05) is 0 Å². The molecule has 0 amide bonds. The lowest BCUT2D eigenvalue weighted by molar-refractivity contribution is -0.386. The maximum absolute atomic E-state index is 10.9. The van der Waals surface area contributed by atoms with Crippen LogP contribution < -0.4 is 9.47 Å². The van der Waals surface area contributed by atoms with Crippen LogP contribution in [0, 0.1) is 10.1 Å². The Kier molecular flexibility index (Phi) is 3.49. The quantitative estimate of drug-likeness (QED) is 0.264. The molecule has 1 aromatic carbocycles. The zero-order valence-corrected chi connectivity index (χ0v) is 9.40. The van der Waals surface area contributed by atoms with Gasteiger partial charge in [-0.1, -0.05) is 5.11 Å². The fourth-order valence-electron chi connectivity index (χ4n) is 1.64. The first kappa shape index (κ1) is 12.0. The van der Waals surface area contributed by atoms with Gasteiger partial charge in [0.1, 0.15) is 0 Å². The smallest absolute Gasteiger partial charge is 0.314 e. The standard InChI is InChI=1S/C10H10N4O4/c11-13-12-7-3-4-8(14(15)16)10-9(7)17-5-1-2-6-18-10/h3-4H,1-2,5-6H2. The molecular formula is C10H10N4O4. The van der Waals surface area contributed by atoms with E-state index in [0.29, 0.717) is 13.2 Å². The van der Waals surface area contributed by atoms with Gasteiger partial charge in [-0.3, -0.25) is 10.1 Å².